The van der Waals surface area contributed by atoms with Crippen molar-refractivity contribution in [2.75, 3.05) is 13.2 Å². The number of benzene rings is 2. The highest BCUT2D eigenvalue weighted by Crippen LogP contribution is 2.20. The van der Waals surface area contributed by atoms with Gasteiger partial charge in [-0.3, -0.25) is 4.79 Å². The average Bonchev–Trinajstić information content (AvgIpc) is 3.10. The van der Waals surface area contributed by atoms with Crippen LogP contribution < -0.4 is 10.1 Å². The lowest BCUT2D eigenvalue weighted by molar-refractivity contribution is -0.128. The number of imidazole rings is 1. The molecule has 1 heterocycles. The maximum absolute atomic E-state index is 12.2. The summed E-state index contributed by atoms with van der Waals surface area (Å²) in [7, 11) is 0. The number of para-hydroxylation sites is 2. The standard InChI is InChI=1S/C27H37N3O2/c1-20(2)21-12-14-22(15-13-21)32-19-9-8-18-30-24-11-7-6-10-23(24)29-25(30)16-17-28-26(31)27(3,4)5/h6-7,10-15,20H,8-9,16-19H2,1-5H3,(H,28,31). The number of aromatic nitrogens is 2. The van der Waals surface area contributed by atoms with E-state index in [1.165, 1.54) is 5.56 Å². The molecule has 0 saturated carbocycles. The SMILES string of the molecule is CC(C)c1ccc(OCCCCn2c(CCNC(=O)C(C)(C)C)nc3ccccc32)cc1. The second-order valence-electron chi connectivity index (χ2n) is 9.70. The number of carbonyl (C=O) groups is 1. The van der Waals surface area contributed by atoms with Crippen molar-refractivity contribution < 1.29 is 9.53 Å². The zero-order valence-corrected chi connectivity index (χ0v) is 20.1. The van der Waals surface area contributed by atoms with Crippen LogP contribution in [0.2, 0.25) is 0 Å². The Morgan fingerprint density at radius 3 is 2.47 bits per heavy atom. The summed E-state index contributed by atoms with van der Waals surface area (Å²) in [6.45, 7) is 12.4. The summed E-state index contributed by atoms with van der Waals surface area (Å²) in [4.78, 5) is 17.0. The van der Waals surface area contributed by atoms with Crippen molar-refractivity contribution in [3.8, 4) is 5.75 Å². The van der Waals surface area contributed by atoms with Crippen molar-refractivity contribution >= 4 is 16.9 Å². The Kier molecular flexibility index (Phi) is 7.94. The molecule has 0 radical (unpaired) electrons. The molecule has 5 heteroatoms. The van der Waals surface area contributed by atoms with Gasteiger partial charge in [0, 0.05) is 24.9 Å². The van der Waals surface area contributed by atoms with E-state index >= 15 is 0 Å². The van der Waals surface area contributed by atoms with Gasteiger partial charge in [0.25, 0.3) is 0 Å². The first-order chi connectivity index (χ1) is 15.3. The number of fused-ring (bicyclic) bond motifs is 1. The summed E-state index contributed by atoms with van der Waals surface area (Å²) in [5.74, 6) is 2.55. The van der Waals surface area contributed by atoms with Gasteiger partial charge in [-0.25, -0.2) is 4.98 Å². The van der Waals surface area contributed by atoms with E-state index in [1.54, 1.807) is 0 Å². The number of hydrogen-bond donors (Lipinski definition) is 1. The van der Waals surface area contributed by atoms with E-state index < -0.39 is 0 Å². The number of amides is 1. The van der Waals surface area contributed by atoms with Crippen molar-refractivity contribution in [2.45, 2.75) is 66.3 Å². The smallest absolute Gasteiger partial charge is 0.225 e. The van der Waals surface area contributed by atoms with Crippen molar-refractivity contribution in [2.24, 2.45) is 5.41 Å². The first kappa shape index (κ1) is 23.8. The van der Waals surface area contributed by atoms with Gasteiger partial charge in [-0.2, -0.15) is 0 Å². The van der Waals surface area contributed by atoms with Gasteiger partial charge in [0.15, 0.2) is 0 Å². The van der Waals surface area contributed by atoms with Crippen molar-refractivity contribution in [1.29, 1.82) is 0 Å². The fourth-order valence-corrected chi connectivity index (χ4v) is 3.63. The third-order valence-corrected chi connectivity index (χ3v) is 5.64. The maximum atomic E-state index is 12.2. The first-order valence-electron chi connectivity index (χ1n) is 11.7. The van der Waals surface area contributed by atoms with Gasteiger partial charge < -0.3 is 14.6 Å². The van der Waals surface area contributed by atoms with E-state index in [1.807, 2.05) is 32.9 Å². The van der Waals surface area contributed by atoms with Crippen LogP contribution in [0.5, 0.6) is 5.75 Å². The van der Waals surface area contributed by atoms with Gasteiger partial charge in [-0.05, 0) is 48.6 Å². The van der Waals surface area contributed by atoms with Gasteiger partial charge in [0.2, 0.25) is 5.91 Å². The van der Waals surface area contributed by atoms with Gasteiger partial charge in [0.1, 0.15) is 11.6 Å². The number of ether oxygens (including phenoxy) is 1. The summed E-state index contributed by atoms with van der Waals surface area (Å²) in [5, 5.41) is 3.04. The maximum Gasteiger partial charge on any atom is 0.225 e. The fourth-order valence-electron chi connectivity index (χ4n) is 3.63. The highest BCUT2D eigenvalue weighted by Gasteiger charge is 2.20. The average molecular weight is 436 g/mol. The summed E-state index contributed by atoms with van der Waals surface area (Å²) in [6, 6.07) is 16.6. The molecule has 0 aliphatic heterocycles. The van der Waals surface area contributed by atoms with Crippen LogP contribution in [0.15, 0.2) is 48.5 Å². The van der Waals surface area contributed by atoms with Crippen LogP contribution in [0, 0.1) is 5.41 Å². The number of nitrogens with zero attached hydrogens (tertiary/aromatic N) is 2. The minimum Gasteiger partial charge on any atom is -0.494 e. The van der Waals surface area contributed by atoms with Crippen LogP contribution in [-0.2, 0) is 17.8 Å². The molecule has 5 nitrogen and oxygen atoms in total. The zero-order chi connectivity index (χ0) is 23.1. The molecule has 0 spiro atoms. The van der Waals surface area contributed by atoms with E-state index in [-0.39, 0.29) is 11.3 Å². The molecule has 1 amide bonds. The lowest BCUT2D eigenvalue weighted by Gasteiger charge is -2.17. The second kappa shape index (κ2) is 10.7. The van der Waals surface area contributed by atoms with E-state index in [0.29, 0.717) is 19.1 Å². The topological polar surface area (TPSA) is 56.1 Å². The Bertz CT molecular complexity index is 1010. The van der Waals surface area contributed by atoms with Crippen LogP contribution in [0.1, 0.15) is 64.8 Å². The molecule has 0 bridgehead atoms. The number of hydrogen-bond acceptors (Lipinski definition) is 3. The first-order valence-corrected chi connectivity index (χ1v) is 11.7. The number of unbranched alkanes of at least 4 members (excludes halogenated alkanes) is 1. The molecule has 0 saturated heterocycles. The third-order valence-electron chi connectivity index (χ3n) is 5.64. The molecule has 0 atom stereocenters. The molecule has 0 fully saturated rings. The quantitative estimate of drug-likeness (QED) is 0.414. The molecule has 1 aromatic heterocycles. The van der Waals surface area contributed by atoms with Gasteiger partial charge in [-0.15, -0.1) is 0 Å². The summed E-state index contributed by atoms with van der Waals surface area (Å²) >= 11 is 0. The molecule has 32 heavy (non-hydrogen) atoms. The van der Waals surface area contributed by atoms with E-state index in [9.17, 15) is 4.79 Å². The van der Waals surface area contributed by atoms with Crippen LogP contribution in [0.25, 0.3) is 11.0 Å². The highest BCUT2D eigenvalue weighted by molar-refractivity contribution is 5.81. The van der Waals surface area contributed by atoms with Gasteiger partial charge in [-0.1, -0.05) is 58.9 Å². The molecule has 0 aliphatic rings. The molecule has 1 N–H and O–H groups in total. The number of aryl methyl sites for hydroxylation is 1. The van der Waals surface area contributed by atoms with E-state index in [4.69, 9.17) is 9.72 Å². The predicted molar refractivity (Wildman–Crippen MR) is 131 cm³/mol. The highest BCUT2D eigenvalue weighted by atomic mass is 16.5. The molecule has 3 rings (SSSR count). The summed E-state index contributed by atoms with van der Waals surface area (Å²) in [6.07, 6.45) is 2.69. The van der Waals surface area contributed by atoms with E-state index in [2.05, 4.69) is 60.1 Å². The summed E-state index contributed by atoms with van der Waals surface area (Å²) in [5.41, 5.74) is 3.10. The van der Waals surface area contributed by atoms with Crippen molar-refractivity contribution in [3.05, 3.63) is 59.9 Å². The van der Waals surface area contributed by atoms with Crippen LogP contribution in [0.3, 0.4) is 0 Å². The molecule has 3 aromatic rings. The predicted octanol–water partition coefficient (Wildman–Crippen LogP) is 5.72. The Balaban J connectivity index is 1.54. The second-order valence-corrected chi connectivity index (χ2v) is 9.70. The number of carbonyl (C=O) groups excluding carboxylic acids is 1. The molecule has 172 valence electrons. The Labute approximate surface area is 192 Å². The Hall–Kier alpha value is -2.82. The lowest BCUT2D eigenvalue weighted by Crippen LogP contribution is -2.36. The van der Waals surface area contributed by atoms with Crippen LogP contribution >= 0.6 is 0 Å². The summed E-state index contributed by atoms with van der Waals surface area (Å²) < 4.78 is 8.22. The van der Waals surface area contributed by atoms with Crippen LogP contribution in [-0.4, -0.2) is 28.6 Å². The van der Waals surface area contributed by atoms with Crippen LogP contribution in [0.4, 0.5) is 0 Å². The van der Waals surface area contributed by atoms with Gasteiger partial charge >= 0.3 is 0 Å². The number of rotatable bonds is 10. The van der Waals surface area contributed by atoms with Crippen molar-refractivity contribution in [1.82, 2.24) is 14.9 Å². The fraction of sp³-hybridized carbons (Fsp3) is 0.481. The van der Waals surface area contributed by atoms with E-state index in [0.717, 1.165) is 48.4 Å². The Morgan fingerprint density at radius 1 is 1.06 bits per heavy atom. The Morgan fingerprint density at radius 2 is 1.78 bits per heavy atom. The number of nitrogens with one attached hydrogen (secondary N) is 1. The molecular formula is C27H37N3O2. The van der Waals surface area contributed by atoms with Gasteiger partial charge in [0.05, 0.1) is 17.6 Å². The molecule has 0 unspecified atom stereocenters. The minimum atomic E-state index is -0.380. The molecule has 2 aromatic carbocycles. The largest absolute Gasteiger partial charge is 0.494 e. The monoisotopic (exact) mass is 435 g/mol. The van der Waals surface area contributed by atoms with Crippen molar-refractivity contribution in [3.63, 3.8) is 0 Å². The zero-order valence-electron chi connectivity index (χ0n) is 20.1. The lowest BCUT2D eigenvalue weighted by atomic mass is 9.96. The minimum absolute atomic E-state index is 0.0683. The molecule has 0 aliphatic carbocycles. The third kappa shape index (κ3) is 6.35. The normalized spacial score (nSPS) is 11.8. The molecular weight excluding hydrogens is 398 g/mol.